The normalized spacial score (nSPS) is 12.3. The number of benzene rings is 1. The third-order valence-corrected chi connectivity index (χ3v) is 3.71. The summed E-state index contributed by atoms with van der Waals surface area (Å²) in [5.74, 6) is -0.298. The van der Waals surface area contributed by atoms with Crippen LogP contribution in [0, 0.1) is 3.57 Å². The van der Waals surface area contributed by atoms with Gasteiger partial charge in [0.2, 0.25) is 0 Å². The number of hydrogen-bond acceptors (Lipinski definition) is 2. The van der Waals surface area contributed by atoms with Crippen molar-refractivity contribution in [3.05, 3.63) is 31.3 Å². The van der Waals surface area contributed by atoms with E-state index in [9.17, 15) is 4.79 Å². The first-order chi connectivity index (χ1) is 6.97. The van der Waals surface area contributed by atoms with Gasteiger partial charge in [0.25, 0.3) is 0 Å². The van der Waals surface area contributed by atoms with Gasteiger partial charge in [-0.2, -0.15) is 0 Å². The van der Waals surface area contributed by atoms with Crippen LogP contribution in [0.3, 0.4) is 0 Å². The Balaban J connectivity index is 3.40. The average Bonchev–Trinajstić information content (AvgIpc) is 2.15. The van der Waals surface area contributed by atoms with Crippen LogP contribution < -0.4 is 0 Å². The molecule has 0 aliphatic heterocycles. The number of esters is 1. The van der Waals surface area contributed by atoms with Crippen LogP contribution in [0.5, 0.6) is 0 Å². The molecule has 1 aromatic carbocycles. The lowest BCUT2D eigenvalue weighted by molar-refractivity contribution is 0.0598. The topological polar surface area (TPSA) is 26.3 Å². The number of hydrogen-bond donors (Lipinski definition) is 0. The molecule has 2 nitrogen and oxygen atoms in total. The van der Waals surface area contributed by atoms with E-state index in [0.717, 1.165) is 13.6 Å². The van der Waals surface area contributed by atoms with Crippen molar-refractivity contribution in [2.45, 2.75) is 11.8 Å². The van der Waals surface area contributed by atoms with Gasteiger partial charge in [-0.25, -0.2) is 4.79 Å². The van der Waals surface area contributed by atoms with Gasteiger partial charge in [-0.3, -0.25) is 0 Å². The summed E-state index contributed by atoms with van der Waals surface area (Å²) in [6.07, 6.45) is 0. The second kappa shape index (κ2) is 5.63. The Labute approximate surface area is 119 Å². The minimum absolute atomic E-state index is 0.109. The Morgan fingerprint density at radius 3 is 2.60 bits per heavy atom. The molecule has 0 amide bonds. The van der Waals surface area contributed by atoms with Gasteiger partial charge in [-0.05, 0) is 47.2 Å². The van der Waals surface area contributed by atoms with Gasteiger partial charge in [-0.15, -0.1) is 0 Å². The first kappa shape index (κ1) is 13.4. The van der Waals surface area contributed by atoms with Crippen LogP contribution >= 0.6 is 54.5 Å². The average molecular weight is 448 g/mol. The Hall–Kier alpha value is 0.380. The largest absolute Gasteiger partial charge is 0.465 e. The third kappa shape index (κ3) is 3.17. The van der Waals surface area contributed by atoms with Gasteiger partial charge >= 0.3 is 5.97 Å². The zero-order valence-electron chi connectivity index (χ0n) is 8.18. The van der Waals surface area contributed by atoms with Crippen LogP contribution in [-0.4, -0.2) is 13.1 Å². The fourth-order valence-corrected chi connectivity index (χ4v) is 3.36. The van der Waals surface area contributed by atoms with E-state index in [4.69, 9.17) is 4.74 Å². The van der Waals surface area contributed by atoms with Crippen LogP contribution in [0.1, 0.15) is 27.7 Å². The smallest absolute Gasteiger partial charge is 0.339 e. The maximum absolute atomic E-state index is 11.6. The lowest BCUT2D eigenvalue weighted by atomic mass is 10.1. The Bertz CT molecular complexity index is 391. The van der Waals surface area contributed by atoms with E-state index in [1.54, 1.807) is 0 Å². The van der Waals surface area contributed by atoms with E-state index in [-0.39, 0.29) is 10.8 Å². The fraction of sp³-hybridized carbons (Fsp3) is 0.300. The summed E-state index contributed by atoms with van der Waals surface area (Å²) in [5.41, 5.74) is 1.56. The molecule has 0 spiro atoms. The van der Waals surface area contributed by atoms with Gasteiger partial charge in [0.05, 0.1) is 12.7 Å². The minimum Gasteiger partial charge on any atom is -0.465 e. The number of methoxy groups -OCH3 is 1. The van der Waals surface area contributed by atoms with E-state index in [0.29, 0.717) is 5.56 Å². The fourth-order valence-electron chi connectivity index (χ4n) is 1.22. The van der Waals surface area contributed by atoms with Crippen LogP contribution in [0.2, 0.25) is 0 Å². The molecule has 1 unspecified atom stereocenters. The number of alkyl halides is 1. The summed E-state index contributed by atoms with van der Waals surface area (Å²) in [4.78, 5) is 11.7. The molecule has 5 heteroatoms. The molecule has 0 heterocycles. The lowest BCUT2D eigenvalue weighted by Crippen LogP contribution is -2.08. The predicted octanol–water partition coefficient (Wildman–Crippen LogP) is 4.30. The monoisotopic (exact) mass is 446 g/mol. The summed E-state index contributed by atoms with van der Waals surface area (Å²) < 4.78 is 6.61. The van der Waals surface area contributed by atoms with Gasteiger partial charge in [0.1, 0.15) is 0 Å². The van der Waals surface area contributed by atoms with Crippen LogP contribution in [0.15, 0.2) is 16.6 Å². The van der Waals surface area contributed by atoms with Gasteiger partial charge in [-0.1, -0.05) is 31.9 Å². The molecule has 0 bridgehead atoms. The second-order valence-electron chi connectivity index (χ2n) is 2.96. The molecule has 1 rings (SSSR count). The quantitative estimate of drug-likeness (QED) is 0.384. The summed E-state index contributed by atoms with van der Waals surface area (Å²) >= 11 is 9.01. The van der Waals surface area contributed by atoms with E-state index < -0.39 is 0 Å². The third-order valence-electron chi connectivity index (χ3n) is 1.90. The number of ether oxygens (including phenoxy) is 1. The Kier molecular flexibility index (Phi) is 5.05. The SMILES string of the molecule is COC(=O)c1c(I)cc(Br)cc1C(C)Br. The first-order valence-electron chi connectivity index (χ1n) is 4.18. The highest BCUT2D eigenvalue weighted by molar-refractivity contribution is 14.1. The number of halogens is 3. The van der Waals surface area contributed by atoms with Gasteiger partial charge in [0, 0.05) is 12.9 Å². The molecule has 0 radical (unpaired) electrons. The molecule has 0 saturated heterocycles. The second-order valence-corrected chi connectivity index (χ2v) is 6.41. The minimum atomic E-state index is -0.298. The number of rotatable bonds is 2. The van der Waals surface area contributed by atoms with Crippen molar-refractivity contribution in [2.75, 3.05) is 7.11 Å². The van der Waals surface area contributed by atoms with Gasteiger partial charge < -0.3 is 4.74 Å². The summed E-state index contributed by atoms with van der Waals surface area (Å²) in [7, 11) is 1.39. The van der Waals surface area contributed by atoms with Crippen molar-refractivity contribution in [3.8, 4) is 0 Å². The standard InChI is InChI=1S/C10H9Br2IO2/c1-5(11)7-3-6(12)4-8(13)9(7)10(14)15-2/h3-5H,1-2H3. The molecular weight excluding hydrogens is 439 g/mol. The van der Waals surface area contributed by atoms with Crippen LogP contribution in [-0.2, 0) is 4.74 Å². The van der Waals surface area contributed by atoms with E-state index in [1.165, 1.54) is 7.11 Å². The molecule has 0 aliphatic rings. The molecule has 0 aromatic heterocycles. The van der Waals surface area contributed by atoms with Crippen molar-refractivity contribution < 1.29 is 9.53 Å². The van der Waals surface area contributed by atoms with E-state index >= 15 is 0 Å². The van der Waals surface area contributed by atoms with E-state index in [2.05, 4.69) is 54.5 Å². The highest BCUT2D eigenvalue weighted by Gasteiger charge is 2.19. The zero-order valence-corrected chi connectivity index (χ0v) is 13.5. The molecular formula is C10H9Br2IO2. The zero-order chi connectivity index (χ0) is 11.6. The maximum atomic E-state index is 11.6. The molecule has 0 saturated carbocycles. The van der Waals surface area contributed by atoms with Crippen LogP contribution in [0.4, 0.5) is 0 Å². The van der Waals surface area contributed by atoms with E-state index in [1.807, 2.05) is 19.1 Å². The van der Waals surface area contributed by atoms with Crippen molar-refractivity contribution >= 4 is 60.4 Å². The van der Waals surface area contributed by atoms with Crippen molar-refractivity contribution in [2.24, 2.45) is 0 Å². The maximum Gasteiger partial charge on any atom is 0.339 e. The highest BCUT2D eigenvalue weighted by Crippen LogP contribution is 2.31. The Morgan fingerprint density at radius 1 is 1.53 bits per heavy atom. The van der Waals surface area contributed by atoms with Crippen molar-refractivity contribution in [1.29, 1.82) is 0 Å². The predicted molar refractivity (Wildman–Crippen MR) is 75.5 cm³/mol. The summed E-state index contributed by atoms with van der Waals surface area (Å²) in [5, 5.41) is 0. The van der Waals surface area contributed by atoms with Crippen molar-refractivity contribution in [1.82, 2.24) is 0 Å². The summed E-state index contributed by atoms with van der Waals surface area (Å²) in [6.45, 7) is 1.98. The molecule has 0 aliphatic carbocycles. The van der Waals surface area contributed by atoms with Crippen molar-refractivity contribution in [3.63, 3.8) is 0 Å². The molecule has 82 valence electrons. The molecule has 15 heavy (non-hydrogen) atoms. The molecule has 0 fully saturated rings. The first-order valence-corrected chi connectivity index (χ1v) is 6.97. The Morgan fingerprint density at radius 2 is 2.13 bits per heavy atom. The molecule has 1 atom stereocenters. The molecule has 1 aromatic rings. The summed E-state index contributed by atoms with van der Waals surface area (Å²) in [6, 6.07) is 3.82. The number of carbonyl (C=O) groups is 1. The molecule has 0 N–H and O–H groups in total. The highest BCUT2D eigenvalue weighted by atomic mass is 127. The lowest BCUT2D eigenvalue weighted by Gasteiger charge is -2.12. The van der Waals surface area contributed by atoms with Crippen LogP contribution in [0.25, 0.3) is 0 Å². The van der Waals surface area contributed by atoms with Gasteiger partial charge in [0.15, 0.2) is 0 Å². The number of carbonyl (C=O) groups excluding carboxylic acids is 1.